The molecule has 2 N–H and O–H groups in total. The van der Waals surface area contributed by atoms with Gasteiger partial charge in [-0.05, 0) is 25.3 Å². The van der Waals surface area contributed by atoms with Crippen LogP contribution in [0.5, 0.6) is 0 Å². The highest BCUT2D eigenvalue weighted by Gasteiger charge is 2.20. The highest BCUT2D eigenvalue weighted by molar-refractivity contribution is 7.14. The first-order valence-electron chi connectivity index (χ1n) is 7.16. The molecule has 0 aliphatic heterocycles. The fourth-order valence-corrected chi connectivity index (χ4v) is 2.76. The number of hydrogen-bond acceptors (Lipinski definition) is 5. The molecule has 21 heavy (non-hydrogen) atoms. The van der Waals surface area contributed by atoms with Crippen LogP contribution in [-0.2, 0) is 11.3 Å². The molecule has 6 heteroatoms. The van der Waals surface area contributed by atoms with Gasteiger partial charge in [0.2, 0.25) is 5.91 Å². The van der Waals surface area contributed by atoms with Gasteiger partial charge in [0.15, 0.2) is 0 Å². The second kappa shape index (κ2) is 6.78. The number of amides is 1. The topological polar surface area (TPSA) is 66.9 Å². The molecule has 0 unspecified atom stereocenters. The molecule has 0 saturated heterocycles. The number of nitrogens with one attached hydrogen (secondary N) is 2. The summed E-state index contributed by atoms with van der Waals surface area (Å²) in [7, 11) is 0. The van der Waals surface area contributed by atoms with Gasteiger partial charge in [-0.15, -0.1) is 10.2 Å². The molecule has 0 spiro atoms. The Balaban J connectivity index is 1.44. The summed E-state index contributed by atoms with van der Waals surface area (Å²) in [4.78, 5) is 11.7. The second-order valence-electron chi connectivity index (χ2n) is 5.22. The zero-order valence-corrected chi connectivity index (χ0v) is 12.5. The zero-order chi connectivity index (χ0) is 14.5. The second-order valence-corrected chi connectivity index (χ2v) is 6.28. The van der Waals surface area contributed by atoms with E-state index in [1.807, 2.05) is 30.3 Å². The van der Waals surface area contributed by atoms with Crippen LogP contribution >= 0.6 is 11.3 Å². The molecule has 1 amide bonds. The third-order valence-corrected chi connectivity index (χ3v) is 4.31. The first-order chi connectivity index (χ1) is 10.3. The van der Waals surface area contributed by atoms with Crippen LogP contribution < -0.4 is 10.6 Å². The van der Waals surface area contributed by atoms with Gasteiger partial charge in [-0.2, -0.15) is 0 Å². The first-order valence-corrected chi connectivity index (χ1v) is 7.98. The highest BCUT2D eigenvalue weighted by atomic mass is 32.1. The molecule has 1 heterocycles. The Morgan fingerprint density at radius 2 is 2.05 bits per heavy atom. The van der Waals surface area contributed by atoms with E-state index in [1.54, 1.807) is 0 Å². The summed E-state index contributed by atoms with van der Waals surface area (Å²) in [6.45, 7) is 1.76. The number of rotatable bonds is 7. The Morgan fingerprint density at radius 3 is 2.81 bits per heavy atom. The number of carbonyl (C=O) groups excluding carboxylic acids is 1. The summed E-state index contributed by atoms with van der Waals surface area (Å²) in [5, 5.41) is 16.0. The third kappa shape index (κ3) is 4.34. The number of hydrogen-bond donors (Lipinski definition) is 2. The summed E-state index contributed by atoms with van der Waals surface area (Å²) in [5.41, 5.74) is 1.05. The van der Waals surface area contributed by atoms with Gasteiger partial charge in [0.05, 0.1) is 13.1 Å². The number of nitrogens with zero attached hydrogens (tertiary/aromatic N) is 2. The van der Waals surface area contributed by atoms with Gasteiger partial charge in [-0.3, -0.25) is 4.79 Å². The Labute approximate surface area is 127 Å². The number of carbonyl (C=O) groups is 1. The lowest BCUT2D eigenvalue weighted by Crippen LogP contribution is -2.34. The van der Waals surface area contributed by atoms with Gasteiger partial charge in [0.25, 0.3) is 0 Å². The van der Waals surface area contributed by atoms with E-state index in [0.29, 0.717) is 13.1 Å². The van der Waals surface area contributed by atoms with Crippen LogP contribution in [0, 0.1) is 5.92 Å². The Hall–Kier alpha value is -1.79. The van der Waals surface area contributed by atoms with Crippen molar-refractivity contribution in [3.8, 4) is 10.6 Å². The van der Waals surface area contributed by atoms with E-state index in [4.69, 9.17) is 0 Å². The van der Waals surface area contributed by atoms with Crippen LogP contribution in [0.4, 0.5) is 0 Å². The van der Waals surface area contributed by atoms with E-state index in [2.05, 4.69) is 20.8 Å². The van der Waals surface area contributed by atoms with Crippen LogP contribution in [0.25, 0.3) is 10.6 Å². The molecule has 110 valence electrons. The van der Waals surface area contributed by atoms with Crippen LogP contribution in [0.1, 0.15) is 17.8 Å². The Kier molecular flexibility index (Phi) is 4.57. The monoisotopic (exact) mass is 302 g/mol. The molecule has 1 saturated carbocycles. The van der Waals surface area contributed by atoms with E-state index in [1.165, 1.54) is 24.2 Å². The minimum absolute atomic E-state index is 0.00658. The highest BCUT2D eigenvalue weighted by Crippen LogP contribution is 2.27. The minimum atomic E-state index is 0.00658. The maximum atomic E-state index is 11.7. The van der Waals surface area contributed by atoms with Crippen LogP contribution in [-0.4, -0.2) is 29.2 Å². The van der Waals surface area contributed by atoms with E-state index >= 15 is 0 Å². The molecule has 1 aromatic heterocycles. The van der Waals surface area contributed by atoms with Gasteiger partial charge in [-0.1, -0.05) is 41.7 Å². The maximum Gasteiger partial charge on any atom is 0.234 e. The van der Waals surface area contributed by atoms with Crippen LogP contribution in [0.2, 0.25) is 0 Å². The lowest BCUT2D eigenvalue weighted by atomic mass is 10.2. The van der Waals surface area contributed by atoms with Crippen molar-refractivity contribution in [2.75, 3.05) is 13.1 Å². The van der Waals surface area contributed by atoms with Crippen molar-refractivity contribution in [1.29, 1.82) is 0 Å². The molecular weight excluding hydrogens is 284 g/mol. The smallest absolute Gasteiger partial charge is 0.234 e. The summed E-state index contributed by atoms with van der Waals surface area (Å²) in [6, 6.07) is 9.93. The summed E-state index contributed by atoms with van der Waals surface area (Å²) >= 11 is 1.51. The van der Waals surface area contributed by atoms with Gasteiger partial charge >= 0.3 is 0 Å². The average Bonchev–Trinajstić information content (AvgIpc) is 3.21. The summed E-state index contributed by atoms with van der Waals surface area (Å²) in [6.07, 6.45) is 2.59. The molecule has 0 bridgehead atoms. The molecule has 3 rings (SSSR count). The van der Waals surface area contributed by atoms with Crippen molar-refractivity contribution in [1.82, 2.24) is 20.8 Å². The quantitative estimate of drug-likeness (QED) is 0.819. The molecule has 1 aromatic carbocycles. The standard InChI is InChI=1S/C15H18N4OS/c20-13(9-16-8-11-6-7-11)17-10-14-18-19-15(21-14)12-4-2-1-3-5-12/h1-5,11,16H,6-10H2,(H,17,20). The maximum absolute atomic E-state index is 11.7. The fourth-order valence-electron chi connectivity index (χ4n) is 1.97. The zero-order valence-electron chi connectivity index (χ0n) is 11.7. The van der Waals surface area contributed by atoms with E-state index in [9.17, 15) is 4.79 Å². The molecule has 2 aromatic rings. The van der Waals surface area contributed by atoms with Crippen LogP contribution in [0.15, 0.2) is 30.3 Å². The van der Waals surface area contributed by atoms with Gasteiger partial charge in [0.1, 0.15) is 10.0 Å². The van der Waals surface area contributed by atoms with Crippen LogP contribution in [0.3, 0.4) is 0 Å². The van der Waals surface area contributed by atoms with E-state index in [0.717, 1.165) is 28.0 Å². The van der Waals surface area contributed by atoms with Gasteiger partial charge in [-0.25, -0.2) is 0 Å². The molecule has 0 atom stereocenters. The lowest BCUT2D eigenvalue weighted by molar-refractivity contribution is -0.120. The molecular formula is C15H18N4OS. The van der Waals surface area contributed by atoms with Crippen molar-refractivity contribution in [3.05, 3.63) is 35.3 Å². The van der Waals surface area contributed by atoms with Gasteiger partial charge in [0, 0.05) is 5.56 Å². The van der Waals surface area contributed by atoms with Crippen molar-refractivity contribution >= 4 is 17.2 Å². The molecule has 1 fully saturated rings. The largest absolute Gasteiger partial charge is 0.348 e. The fraction of sp³-hybridized carbons (Fsp3) is 0.400. The number of aromatic nitrogens is 2. The van der Waals surface area contributed by atoms with E-state index < -0.39 is 0 Å². The first kappa shape index (κ1) is 14.2. The normalized spacial score (nSPS) is 14.1. The molecule has 0 radical (unpaired) electrons. The predicted molar refractivity (Wildman–Crippen MR) is 82.8 cm³/mol. The average molecular weight is 302 g/mol. The minimum Gasteiger partial charge on any atom is -0.348 e. The number of benzene rings is 1. The Morgan fingerprint density at radius 1 is 1.24 bits per heavy atom. The SMILES string of the molecule is O=C(CNCC1CC1)NCc1nnc(-c2ccccc2)s1. The summed E-state index contributed by atoms with van der Waals surface area (Å²) in [5.74, 6) is 0.793. The third-order valence-electron chi connectivity index (χ3n) is 3.34. The Bertz CT molecular complexity index is 595. The van der Waals surface area contributed by atoms with Gasteiger partial charge < -0.3 is 10.6 Å². The lowest BCUT2D eigenvalue weighted by Gasteiger charge is -2.04. The molecule has 1 aliphatic rings. The molecule has 1 aliphatic carbocycles. The predicted octanol–water partition coefficient (Wildman–Crippen LogP) is 1.82. The van der Waals surface area contributed by atoms with Crippen molar-refractivity contribution in [3.63, 3.8) is 0 Å². The summed E-state index contributed by atoms with van der Waals surface area (Å²) < 4.78 is 0. The van der Waals surface area contributed by atoms with E-state index in [-0.39, 0.29) is 5.91 Å². The van der Waals surface area contributed by atoms with Crippen molar-refractivity contribution in [2.45, 2.75) is 19.4 Å². The van der Waals surface area contributed by atoms with Crippen molar-refractivity contribution < 1.29 is 4.79 Å². The van der Waals surface area contributed by atoms with Crippen molar-refractivity contribution in [2.24, 2.45) is 5.92 Å². The molecule has 5 nitrogen and oxygen atoms in total.